The molecule has 100 valence electrons. The summed E-state index contributed by atoms with van der Waals surface area (Å²) in [6.07, 6.45) is 0. The summed E-state index contributed by atoms with van der Waals surface area (Å²) >= 11 is 0. The molecule has 3 N–H and O–H groups in total. The fourth-order valence-electron chi connectivity index (χ4n) is 1.91. The van der Waals surface area contributed by atoms with Crippen molar-refractivity contribution in [2.24, 2.45) is 5.92 Å². The lowest BCUT2D eigenvalue weighted by molar-refractivity contribution is 0.0931. The molecule has 3 heteroatoms. The molecule has 1 amide bonds. The Labute approximate surface area is 113 Å². The van der Waals surface area contributed by atoms with Gasteiger partial charge in [-0.15, -0.1) is 0 Å². The van der Waals surface area contributed by atoms with Crippen LogP contribution in [0, 0.1) is 5.92 Å². The van der Waals surface area contributed by atoms with Crippen molar-refractivity contribution in [1.29, 1.82) is 0 Å². The maximum atomic E-state index is 12.2. The third-order valence-electron chi connectivity index (χ3n) is 3.52. The van der Waals surface area contributed by atoms with Gasteiger partial charge in [0.05, 0.1) is 5.56 Å². The highest BCUT2D eigenvalue weighted by molar-refractivity contribution is 6.04. The van der Waals surface area contributed by atoms with E-state index in [9.17, 15) is 4.79 Å². The van der Waals surface area contributed by atoms with Crippen LogP contribution >= 0.6 is 0 Å². The van der Waals surface area contributed by atoms with Gasteiger partial charge in [-0.2, -0.15) is 0 Å². The van der Waals surface area contributed by atoms with Gasteiger partial charge in [-0.25, -0.2) is 0 Å². The third-order valence-corrected chi connectivity index (χ3v) is 3.52. The highest BCUT2D eigenvalue weighted by atomic mass is 16.1. The number of nitrogen functional groups attached to an aromatic ring is 1. The summed E-state index contributed by atoms with van der Waals surface area (Å²) in [5.74, 6) is 0.287. The van der Waals surface area contributed by atoms with Crippen molar-refractivity contribution in [1.82, 2.24) is 5.32 Å². The number of rotatable bonds is 3. The fraction of sp³-hybridized carbons (Fsp3) is 0.312. The maximum absolute atomic E-state index is 12.2. The Morgan fingerprint density at radius 2 is 1.68 bits per heavy atom. The molecule has 0 saturated carbocycles. The summed E-state index contributed by atoms with van der Waals surface area (Å²) in [6.45, 7) is 6.16. The molecule has 2 rings (SSSR count). The van der Waals surface area contributed by atoms with E-state index < -0.39 is 0 Å². The first-order valence-corrected chi connectivity index (χ1v) is 6.58. The van der Waals surface area contributed by atoms with Gasteiger partial charge in [0.2, 0.25) is 0 Å². The van der Waals surface area contributed by atoms with Crippen LogP contribution in [0.1, 0.15) is 31.1 Å². The number of hydrogen-bond acceptors (Lipinski definition) is 2. The number of fused-ring (bicyclic) bond motifs is 1. The Morgan fingerprint density at radius 1 is 1.11 bits per heavy atom. The molecular formula is C16H20N2O. The number of nitrogens with two attached hydrogens (primary N) is 1. The van der Waals surface area contributed by atoms with Crippen molar-refractivity contribution in [3.05, 3.63) is 42.0 Å². The van der Waals surface area contributed by atoms with Crippen molar-refractivity contribution in [2.45, 2.75) is 26.8 Å². The zero-order valence-electron chi connectivity index (χ0n) is 11.6. The third kappa shape index (κ3) is 2.87. The van der Waals surface area contributed by atoms with Crippen molar-refractivity contribution in [3.8, 4) is 0 Å². The molecule has 0 spiro atoms. The Hall–Kier alpha value is -2.03. The molecule has 3 nitrogen and oxygen atoms in total. The number of hydrogen-bond donors (Lipinski definition) is 2. The van der Waals surface area contributed by atoms with E-state index in [4.69, 9.17) is 5.73 Å². The van der Waals surface area contributed by atoms with Gasteiger partial charge in [-0.3, -0.25) is 4.79 Å². The Balaban J connectivity index is 2.34. The lowest BCUT2D eigenvalue weighted by Crippen LogP contribution is -2.36. The van der Waals surface area contributed by atoms with Crippen molar-refractivity contribution in [3.63, 3.8) is 0 Å². The monoisotopic (exact) mass is 256 g/mol. The lowest BCUT2D eigenvalue weighted by Gasteiger charge is -2.18. The molecule has 19 heavy (non-hydrogen) atoms. The molecule has 2 aromatic carbocycles. The Kier molecular flexibility index (Phi) is 3.74. The topological polar surface area (TPSA) is 55.1 Å². The van der Waals surface area contributed by atoms with E-state index in [1.165, 1.54) is 0 Å². The highest BCUT2D eigenvalue weighted by Gasteiger charge is 2.15. The molecule has 0 radical (unpaired) electrons. The second kappa shape index (κ2) is 5.31. The number of carbonyl (C=O) groups is 1. The fourth-order valence-corrected chi connectivity index (χ4v) is 1.91. The van der Waals surface area contributed by atoms with E-state index in [0.29, 0.717) is 17.2 Å². The van der Waals surface area contributed by atoms with Gasteiger partial charge >= 0.3 is 0 Å². The zero-order valence-corrected chi connectivity index (χ0v) is 11.6. The highest BCUT2D eigenvalue weighted by Crippen LogP contribution is 2.22. The van der Waals surface area contributed by atoms with Crippen molar-refractivity contribution in [2.75, 3.05) is 5.73 Å². The molecule has 0 aliphatic carbocycles. The van der Waals surface area contributed by atoms with Crippen LogP contribution in [-0.2, 0) is 0 Å². The van der Waals surface area contributed by atoms with Gasteiger partial charge in [0.1, 0.15) is 0 Å². The largest absolute Gasteiger partial charge is 0.398 e. The number of carbonyl (C=O) groups excluding carboxylic acids is 1. The molecule has 1 unspecified atom stereocenters. The van der Waals surface area contributed by atoms with E-state index in [2.05, 4.69) is 19.2 Å². The van der Waals surface area contributed by atoms with E-state index in [0.717, 1.165) is 10.8 Å². The molecule has 0 aromatic heterocycles. The number of amides is 1. The zero-order chi connectivity index (χ0) is 14.0. The Morgan fingerprint density at radius 3 is 2.26 bits per heavy atom. The van der Waals surface area contributed by atoms with Gasteiger partial charge in [0.25, 0.3) is 5.91 Å². The first-order valence-electron chi connectivity index (χ1n) is 6.58. The molecule has 0 fully saturated rings. The SMILES string of the molecule is CC(C)C(C)NC(=O)c1cc2ccccc2cc1N. The lowest BCUT2D eigenvalue weighted by atomic mass is 10.0. The molecule has 0 bridgehead atoms. The second-order valence-corrected chi connectivity index (χ2v) is 5.29. The van der Waals surface area contributed by atoms with Crippen LogP contribution in [0.25, 0.3) is 10.8 Å². The van der Waals surface area contributed by atoms with Crippen LogP contribution in [-0.4, -0.2) is 11.9 Å². The predicted molar refractivity (Wildman–Crippen MR) is 80.1 cm³/mol. The first-order chi connectivity index (χ1) is 8.99. The minimum absolute atomic E-state index is 0.107. The molecule has 0 aliphatic rings. The maximum Gasteiger partial charge on any atom is 0.253 e. The van der Waals surface area contributed by atoms with Gasteiger partial charge in [-0.1, -0.05) is 38.1 Å². The quantitative estimate of drug-likeness (QED) is 0.829. The van der Waals surface area contributed by atoms with E-state index >= 15 is 0 Å². The average molecular weight is 256 g/mol. The van der Waals surface area contributed by atoms with Gasteiger partial charge < -0.3 is 11.1 Å². The van der Waals surface area contributed by atoms with E-state index in [1.807, 2.05) is 43.3 Å². The van der Waals surface area contributed by atoms with Crippen LogP contribution in [0.2, 0.25) is 0 Å². The smallest absolute Gasteiger partial charge is 0.253 e. The summed E-state index contributed by atoms with van der Waals surface area (Å²) in [7, 11) is 0. The van der Waals surface area contributed by atoms with Gasteiger partial charge in [0.15, 0.2) is 0 Å². The summed E-state index contributed by atoms with van der Waals surface area (Å²) in [5, 5.41) is 5.06. The number of anilines is 1. The normalized spacial score (nSPS) is 12.6. The molecule has 0 saturated heterocycles. The van der Waals surface area contributed by atoms with Crippen LogP contribution in [0.15, 0.2) is 36.4 Å². The van der Waals surface area contributed by atoms with Gasteiger partial charge in [-0.05, 0) is 35.7 Å². The standard InChI is InChI=1S/C16H20N2O/c1-10(2)11(3)18-16(19)14-8-12-6-4-5-7-13(12)9-15(14)17/h4-11H,17H2,1-3H3,(H,18,19). The van der Waals surface area contributed by atoms with Crippen molar-refractivity contribution < 1.29 is 4.79 Å². The van der Waals surface area contributed by atoms with E-state index in [-0.39, 0.29) is 11.9 Å². The molecule has 0 aliphatic heterocycles. The Bertz CT molecular complexity index is 605. The van der Waals surface area contributed by atoms with Crippen LogP contribution in [0.4, 0.5) is 5.69 Å². The number of benzene rings is 2. The molecular weight excluding hydrogens is 236 g/mol. The summed E-state index contributed by atoms with van der Waals surface area (Å²) in [4.78, 5) is 12.2. The van der Waals surface area contributed by atoms with Gasteiger partial charge in [0, 0.05) is 11.7 Å². The summed E-state index contributed by atoms with van der Waals surface area (Å²) < 4.78 is 0. The first kappa shape index (κ1) is 13.4. The minimum Gasteiger partial charge on any atom is -0.398 e. The van der Waals surface area contributed by atoms with Crippen LogP contribution < -0.4 is 11.1 Å². The summed E-state index contributed by atoms with van der Waals surface area (Å²) in [5.41, 5.74) is 7.05. The summed E-state index contributed by atoms with van der Waals surface area (Å²) in [6, 6.07) is 11.7. The minimum atomic E-state index is -0.107. The van der Waals surface area contributed by atoms with Crippen LogP contribution in [0.5, 0.6) is 0 Å². The molecule has 0 heterocycles. The van der Waals surface area contributed by atoms with Crippen molar-refractivity contribution >= 4 is 22.4 Å². The second-order valence-electron chi connectivity index (χ2n) is 5.29. The average Bonchev–Trinajstić information content (AvgIpc) is 2.37. The molecule has 2 aromatic rings. The number of nitrogens with one attached hydrogen (secondary N) is 1. The van der Waals surface area contributed by atoms with E-state index in [1.54, 1.807) is 0 Å². The van der Waals surface area contributed by atoms with Crippen LogP contribution in [0.3, 0.4) is 0 Å². The predicted octanol–water partition coefficient (Wildman–Crippen LogP) is 3.20. The molecule has 1 atom stereocenters.